The van der Waals surface area contributed by atoms with Crippen LogP contribution >= 0.6 is 0 Å². The molecule has 3 aromatic rings. The van der Waals surface area contributed by atoms with Gasteiger partial charge < -0.3 is 19.5 Å². The minimum absolute atomic E-state index is 0.0266. The molecule has 1 N–H and O–H groups in total. The number of aliphatic hydroxyl groups is 1. The van der Waals surface area contributed by atoms with Gasteiger partial charge in [-0.2, -0.15) is 0 Å². The Morgan fingerprint density at radius 3 is 2.58 bits per heavy atom. The minimum Gasteiger partial charge on any atom is -0.507 e. The van der Waals surface area contributed by atoms with Gasteiger partial charge in [-0.1, -0.05) is 18.2 Å². The second-order valence-corrected chi connectivity index (χ2v) is 7.37. The van der Waals surface area contributed by atoms with Gasteiger partial charge in [0.25, 0.3) is 11.7 Å². The number of ether oxygens (including phenoxy) is 2. The average Bonchev–Trinajstić information content (AvgIpc) is 3.09. The first kappa shape index (κ1) is 22.0. The first-order chi connectivity index (χ1) is 15.9. The van der Waals surface area contributed by atoms with Crippen LogP contribution in [0.2, 0.25) is 0 Å². The van der Waals surface area contributed by atoms with Crippen molar-refractivity contribution in [3.63, 3.8) is 0 Å². The molecule has 1 atom stereocenters. The number of carbonyl (C=O) groups excluding carboxylic acids is 2. The SMILES string of the molecule is COc1cccc(C2/C(=C(\O)c3cc(F)ccc3OC)C(=O)C(=O)N2Cc2ccccn2)c1. The lowest BCUT2D eigenvalue weighted by Gasteiger charge is -2.25. The molecule has 0 saturated carbocycles. The highest BCUT2D eigenvalue weighted by Gasteiger charge is 2.46. The van der Waals surface area contributed by atoms with Gasteiger partial charge in [-0.25, -0.2) is 4.39 Å². The van der Waals surface area contributed by atoms with E-state index in [1.807, 2.05) is 0 Å². The first-order valence-corrected chi connectivity index (χ1v) is 10.1. The van der Waals surface area contributed by atoms with Crippen LogP contribution in [-0.2, 0) is 16.1 Å². The largest absolute Gasteiger partial charge is 0.507 e. The fraction of sp³-hybridized carbons (Fsp3) is 0.160. The monoisotopic (exact) mass is 448 g/mol. The fourth-order valence-electron chi connectivity index (χ4n) is 3.88. The predicted molar refractivity (Wildman–Crippen MR) is 118 cm³/mol. The molecule has 1 saturated heterocycles. The number of methoxy groups -OCH3 is 2. The molecule has 0 bridgehead atoms. The number of aromatic nitrogens is 1. The third-order valence-electron chi connectivity index (χ3n) is 5.42. The molecule has 1 unspecified atom stereocenters. The van der Waals surface area contributed by atoms with Gasteiger partial charge >= 0.3 is 0 Å². The number of hydrogen-bond donors (Lipinski definition) is 1. The van der Waals surface area contributed by atoms with Crippen molar-refractivity contribution in [1.82, 2.24) is 9.88 Å². The van der Waals surface area contributed by atoms with Gasteiger partial charge in [0.15, 0.2) is 0 Å². The summed E-state index contributed by atoms with van der Waals surface area (Å²) >= 11 is 0. The van der Waals surface area contributed by atoms with Gasteiger partial charge in [0, 0.05) is 6.20 Å². The summed E-state index contributed by atoms with van der Waals surface area (Å²) in [4.78, 5) is 31.8. The number of halogens is 1. The maximum atomic E-state index is 14.0. The Bertz CT molecular complexity index is 1240. The van der Waals surface area contributed by atoms with E-state index in [-0.39, 0.29) is 23.4 Å². The van der Waals surface area contributed by atoms with E-state index in [4.69, 9.17) is 9.47 Å². The smallest absolute Gasteiger partial charge is 0.296 e. The Labute approximate surface area is 189 Å². The molecule has 1 amide bonds. The molecule has 4 rings (SSSR count). The summed E-state index contributed by atoms with van der Waals surface area (Å²) in [6.45, 7) is 0.0321. The highest BCUT2D eigenvalue weighted by Crippen LogP contribution is 2.42. The third kappa shape index (κ3) is 4.15. The van der Waals surface area contributed by atoms with Crippen molar-refractivity contribution < 1.29 is 28.6 Å². The van der Waals surface area contributed by atoms with Crippen LogP contribution in [-0.4, -0.2) is 40.9 Å². The number of likely N-dealkylation sites (tertiary alicyclic amines) is 1. The van der Waals surface area contributed by atoms with Crippen LogP contribution in [0, 0.1) is 5.82 Å². The Hall–Kier alpha value is -4.20. The van der Waals surface area contributed by atoms with Crippen LogP contribution in [0.3, 0.4) is 0 Å². The number of Topliss-reactive ketones (excluding diaryl/α,β-unsaturated/α-hetero) is 1. The van der Waals surface area contributed by atoms with Crippen molar-refractivity contribution in [3.05, 3.63) is 95.1 Å². The van der Waals surface area contributed by atoms with Crippen LogP contribution in [0.25, 0.3) is 5.76 Å². The van der Waals surface area contributed by atoms with E-state index in [0.29, 0.717) is 17.0 Å². The summed E-state index contributed by atoms with van der Waals surface area (Å²) in [6.07, 6.45) is 1.59. The van der Waals surface area contributed by atoms with E-state index in [2.05, 4.69) is 4.98 Å². The zero-order valence-corrected chi connectivity index (χ0v) is 18.0. The molecule has 1 aliphatic rings. The molecular formula is C25H21FN2O5. The number of benzene rings is 2. The van der Waals surface area contributed by atoms with Crippen LogP contribution in [0.15, 0.2) is 72.4 Å². The summed E-state index contributed by atoms with van der Waals surface area (Å²) in [6, 6.07) is 14.7. The summed E-state index contributed by atoms with van der Waals surface area (Å²) in [5.41, 5.74) is 0.909. The topological polar surface area (TPSA) is 89.0 Å². The van der Waals surface area contributed by atoms with Gasteiger partial charge in [0.2, 0.25) is 0 Å². The lowest BCUT2D eigenvalue weighted by atomic mass is 9.94. The molecular weight excluding hydrogens is 427 g/mol. The molecule has 0 spiro atoms. The van der Waals surface area contributed by atoms with Gasteiger partial charge in [-0.05, 0) is 48.0 Å². The average molecular weight is 448 g/mol. The maximum Gasteiger partial charge on any atom is 0.296 e. The number of amides is 1. The van der Waals surface area contributed by atoms with Crippen molar-refractivity contribution in [2.75, 3.05) is 14.2 Å². The van der Waals surface area contributed by atoms with E-state index >= 15 is 0 Å². The predicted octanol–water partition coefficient (Wildman–Crippen LogP) is 3.86. The van der Waals surface area contributed by atoms with Crippen molar-refractivity contribution >= 4 is 17.4 Å². The fourth-order valence-corrected chi connectivity index (χ4v) is 3.88. The maximum absolute atomic E-state index is 14.0. The molecule has 1 aromatic heterocycles. The summed E-state index contributed by atoms with van der Waals surface area (Å²) < 4.78 is 24.6. The van der Waals surface area contributed by atoms with Gasteiger partial charge in [-0.3, -0.25) is 14.6 Å². The van der Waals surface area contributed by atoms with Crippen molar-refractivity contribution in [2.45, 2.75) is 12.6 Å². The number of ketones is 1. The number of rotatable bonds is 6. The van der Waals surface area contributed by atoms with E-state index in [1.165, 1.54) is 31.3 Å². The summed E-state index contributed by atoms with van der Waals surface area (Å²) in [5.74, 6) is -2.17. The van der Waals surface area contributed by atoms with Gasteiger partial charge in [0.05, 0.1) is 43.6 Å². The molecule has 33 heavy (non-hydrogen) atoms. The summed E-state index contributed by atoms with van der Waals surface area (Å²) in [7, 11) is 2.87. The molecule has 2 aromatic carbocycles. The second-order valence-electron chi connectivity index (χ2n) is 7.37. The molecule has 0 aliphatic carbocycles. The minimum atomic E-state index is -0.949. The Morgan fingerprint density at radius 2 is 1.88 bits per heavy atom. The molecule has 168 valence electrons. The van der Waals surface area contributed by atoms with Gasteiger partial charge in [-0.15, -0.1) is 0 Å². The summed E-state index contributed by atoms with van der Waals surface area (Å²) in [5, 5.41) is 11.2. The Kier molecular flexibility index (Phi) is 6.08. The quantitative estimate of drug-likeness (QED) is 0.350. The molecule has 1 fully saturated rings. The highest BCUT2D eigenvalue weighted by molar-refractivity contribution is 6.46. The molecule has 1 aliphatic heterocycles. The number of nitrogens with zero attached hydrogens (tertiary/aromatic N) is 2. The lowest BCUT2D eigenvalue weighted by Crippen LogP contribution is -2.29. The van der Waals surface area contributed by atoms with Crippen molar-refractivity contribution in [2.24, 2.45) is 0 Å². The van der Waals surface area contributed by atoms with Crippen LogP contribution in [0.4, 0.5) is 4.39 Å². The zero-order valence-electron chi connectivity index (χ0n) is 18.0. The van der Waals surface area contributed by atoms with Crippen LogP contribution in [0.5, 0.6) is 11.5 Å². The second kappa shape index (κ2) is 9.12. The molecule has 7 nitrogen and oxygen atoms in total. The number of aliphatic hydroxyl groups excluding tert-OH is 1. The number of carbonyl (C=O) groups is 2. The zero-order chi connectivity index (χ0) is 23.5. The molecule has 8 heteroatoms. The van der Waals surface area contributed by atoms with E-state index in [9.17, 15) is 19.1 Å². The standard InChI is InChI=1S/C25H21FN2O5/c1-32-18-8-5-6-15(12-18)22-21(23(29)19-13-16(26)9-10-20(19)33-2)24(30)25(31)28(22)14-17-7-3-4-11-27-17/h3-13,22,29H,14H2,1-2H3/b23-21+. The Morgan fingerprint density at radius 1 is 1.06 bits per heavy atom. The van der Waals surface area contributed by atoms with Gasteiger partial charge in [0.1, 0.15) is 23.1 Å². The van der Waals surface area contributed by atoms with E-state index < -0.39 is 29.3 Å². The van der Waals surface area contributed by atoms with E-state index in [0.717, 1.165) is 6.07 Å². The molecule has 2 heterocycles. The third-order valence-corrected chi connectivity index (χ3v) is 5.42. The lowest BCUT2D eigenvalue weighted by molar-refractivity contribution is -0.140. The van der Waals surface area contributed by atoms with Crippen molar-refractivity contribution in [3.8, 4) is 11.5 Å². The van der Waals surface area contributed by atoms with E-state index in [1.54, 1.807) is 48.7 Å². The van der Waals surface area contributed by atoms with Crippen LogP contribution < -0.4 is 9.47 Å². The number of pyridine rings is 1. The van der Waals surface area contributed by atoms with Crippen LogP contribution in [0.1, 0.15) is 22.9 Å². The number of hydrogen-bond acceptors (Lipinski definition) is 6. The highest BCUT2D eigenvalue weighted by atomic mass is 19.1. The first-order valence-electron chi connectivity index (χ1n) is 10.1. The van der Waals surface area contributed by atoms with Crippen molar-refractivity contribution in [1.29, 1.82) is 0 Å². The Balaban J connectivity index is 1.92. The molecule has 0 radical (unpaired) electrons. The normalized spacial score (nSPS) is 17.3.